The third kappa shape index (κ3) is 5.26. The zero-order valence-electron chi connectivity index (χ0n) is 17.2. The number of ketones is 1. The smallest absolute Gasteiger partial charge is 0.185 e. The maximum Gasteiger partial charge on any atom is 0.185 e. The Hall–Kier alpha value is -3.01. The highest BCUT2D eigenvalue weighted by molar-refractivity contribution is 6.06. The number of methoxy groups -OCH3 is 2. The van der Waals surface area contributed by atoms with Crippen LogP contribution in [0.3, 0.4) is 0 Å². The van der Waals surface area contributed by atoms with Crippen molar-refractivity contribution >= 4 is 11.9 Å². The van der Waals surface area contributed by atoms with Gasteiger partial charge < -0.3 is 14.2 Å². The summed E-state index contributed by atoms with van der Waals surface area (Å²) in [6.07, 6.45) is 5.03. The molecule has 0 aliphatic heterocycles. The first-order valence-corrected chi connectivity index (χ1v) is 9.12. The molecule has 148 valence electrons. The molecule has 0 aliphatic rings. The minimum Gasteiger partial charge on any atom is -0.493 e. The number of hydrogen-bond donors (Lipinski definition) is 0. The van der Waals surface area contributed by atoms with Crippen LogP contribution in [0.5, 0.6) is 17.2 Å². The van der Waals surface area contributed by atoms with Crippen molar-refractivity contribution < 1.29 is 19.0 Å². The fourth-order valence-corrected chi connectivity index (χ4v) is 2.78. The molecule has 0 spiro atoms. The van der Waals surface area contributed by atoms with E-state index in [2.05, 4.69) is 27.4 Å². The summed E-state index contributed by atoms with van der Waals surface area (Å²) in [6.45, 7) is 10.4. The van der Waals surface area contributed by atoms with Gasteiger partial charge in [0.1, 0.15) is 12.4 Å². The van der Waals surface area contributed by atoms with E-state index in [0.29, 0.717) is 29.4 Å². The molecule has 2 aromatic rings. The Morgan fingerprint density at radius 2 is 1.75 bits per heavy atom. The van der Waals surface area contributed by atoms with Crippen molar-refractivity contribution in [2.24, 2.45) is 0 Å². The van der Waals surface area contributed by atoms with Crippen LogP contribution in [0.15, 0.2) is 55.1 Å². The average Bonchev–Trinajstić information content (AvgIpc) is 2.69. The van der Waals surface area contributed by atoms with Crippen molar-refractivity contribution in [1.29, 1.82) is 0 Å². The summed E-state index contributed by atoms with van der Waals surface area (Å²) >= 11 is 0. The second-order valence-corrected chi connectivity index (χ2v) is 7.38. The second kappa shape index (κ2) is 9.27. The normalized spacial score (nSPS) is 11.3. The predicted octanol–water partition coefficient (Wildman–Crippen LogP) is 5.46. The minimum absolute atomic E-state index is 0.0811. The summed E-state index contributed by atoms with van der Waals surface area (Å²) in [5, 5.41) is 0. The summed E-state index contributed by atoms with van der Waals surface area (Å²) < 4.78 is 16.5. The van der Waals surface area contributed by atoms with E-state index in [0.717, 1.165) is 11.1 Å². The molecular formula is C24H28O4. The predicted molar refractivity (Wildman–Crippen MR) is 114 cm³/mol. The van der Waals surface area contributed by atoms with Crippen LogP contribution in [0.1, 0.15) is 42.3 Å². The number of benzene rings is 2. The highest BCUT2D eigenvalue weighted by Gasteiger charge is 2.22. The monoisotopic (exact) mass is 380 g/mol. The standard InChI is InChI=1S/C24H28O4/c1-7-14-28-19-11-9-18(10-12-19)21(25)13-8-17-15-20(24(2,3)4)23(27-6)22(16-17)26-5/h7-13,15-16H,1,14H2,2-6H3. The van der Waals surface area contributed by atoms with Gasteiger partial charge in [0, 0.05) is 11.1 Å². The van der Waals surface area contributed by atoms with Gasteiger partial charge in [-0.3, -0.25) is 4.79 Å². The SMILES string of the molecule is C=CCOc1ccc(C(=O)C=Cc2cc(OC)c(OC)c(C(C)(C)C)c2)cc1. The van der Waals surface area contributed by atoms with Gasteiger partial charge in [0.05, 0.1) is 14.2 Å². The third-order valence-electron chi connectivity index (χ3n) is 4.24. The lowest BCUT2D eigenvalue weighted by Gasteiger charge is -2.24. The lowest BCUT2D eigenvalue weighted by Crippen LogP contribution is -2.13. The quantitative estimate of drug-likeness (QED) is 0.346. The number of rotatable bonds is 8. The highest BCUT2D eigenvalue weighted by Crippen LogP contribution is 2.39. The van der Waals surface area contributed by atoms with Crippen molar-refractivity contribution in [3.8, 4) is 17.2 Å². The summed E-state index contributed by atoms with van der Waals surface area (Å²) in [5.74, 6) is 1.98. The van der Waals surface area contributed by atoms with E-state index in [9.17, 15) is 4.79 Å². The maximum absolute atomic E-state index is 12.5. The van der Waals surface area contributed by atoms with Crippen molar-refractivity contribution in [3.63, 3.8) is 0 Å². The molecule has 0 unspecified atom stereocenters. The van der Waals surface area contributed by atoms with E-state index in [1.54, 1.807) is 56.7 Å². The Kier molecular flexibility index (Phi) is 7.05. The average molecular weight is 380 g/mol. The van der Waals surface area contributed by atoms with Crippen LogP contribution < -0.4 is 14.2 Å². The van der Waals surface area contributed by atoms with Crippen LogP contribution >= 0.6 is 0 Å². The molecule has 0 fully saturated rings. The Morgan fingerprint density at radius 3 is 2.29 bits per heavy atom. The van der Waals surface area contributed by atoms with Gasteiger partial charge in [0.15, 0.2) is 17.3 Å². The zero-order valence-corrected chi connectivity index (χ0v) is 17.2. The van der Waals surface area contributed by atoms with Crippen molar-refractivity contribution in [3.05, 3.63) is 71.8 Å². The topological polar surface area (TPSA) is 44.8 Å². The first-order valence-electron chi connectivity index (χ1n) is 9.12. The van der Waals surface area contributed by atoms with E-state index in [1.165, 1.54) is 0 Å². The molecule has 0 saturated heterocycles. The molecule has 4 nitrogen and oxygen atoms in total. The van der Waals surface area contributed by atoms with Crippen LogP contribution in [0, 0.1) is 0 Å². The number of carbonyl (C=O) groups is 1. The molecule has 0 atom stereocenters. The number of allylic oxidation sites excluding steroid dienone is 1. The molecule has 0 aromatic heterocycles. The molecule has 4 heteroatoms. The van der Waals surface area contributed by atoms with E-state index < -0.39 is 0 Å². The fraction of sp³-hybridized carbons (Fsp3) is 0.292. The Morgan fingerprint density at radius 1 is 1.07 bits per heavy atom. The van der Waals surface area contributed by atoms with E-state index >= 15 is 0 Å². The number of carbonyl (C=O) groups excluding carboxylic acids is 1. The van der Waals surface area contributed by atoms with Crippen molar-refractivity contribution in [1.82, 2.24) is 0 Å². The van der Waals surface area contributed by atoms with Gasteiger partial charge in [-0.25, -0.2) is 0 Å². The Balaban J connectivity index is 2.27. The first kappa shape index (κ1) is 21.3. The van der Waals surface area contributed by atoms with Gasteiger partial charge in [0.25, 0.3) is 0 Å². The molecule has 0 N–H and O–H groups in total. The third-order valence-corrected chi connectivity index (χ3v) is 4.24. The van der Waals surface area contributed by atoms with Gasteiger partial charge in [-0.1, -0.05) is 39.5 Å². The van der Waals surface area contributed by atoms with Gasteiger partial charge in [0.2, 0.25) is 0 Å². The Bertz CT molecular complexity index is 855. The summed E-state index contributed by atoms with van der Waals surface area (Å²) in [4.78, 5) is 12.5. The molecule has 0 saturated carbocycles. The number of ether oxygens (including phenoxy) is 3. The van der Waals surface area contributed by atoms with E-state index in [1.807, 2.05) is 12.1 Å². The molecule has 0 bridgehead atoms. The minimum atomic E-state index is -0.131. The van der Waals surface area contributed by atoms with Gasteiger partial charge >= 0.3 is 0 Å². The van der Waals surface area contributed by atoms with Crippen molar-refractivity contribution in [2.75, 3.05) is 20.8 Å². The van der Waals surface area contributed by atoms with E-state index in [-0.39, 0.29) is 11.2 Å². The lowest BCUT2D eigenvalue weighted by molar-refractivity contribution is 0.104. The number of hydrogen-bond acceptors (Lipinski definition) is 4. The zero-order chi connectivity index (χ0) is 20.7. The van der Waals surface area contributed by atoms with Crippen LogP contribution in [0.4, 0.5) is 0 Å². The summed E-state index contributed by atoms with van der Waals surface area (Å²) in [5.41, 5.74) is 2.36. The van der Waals surface area contributed by atoms with Crippen molar-refractivity contribution in [2.45, 2.75) is 26.2 Å². The van der Waals surface area contributed by atoms with Crippen LogP contribution in [-0.2, 0) is 5.41 Å². The second-order valence-electron chi connectivity index (χ2n) is 7.38. The molecule has 0 amide bonds. The van der Waals surface area contributed by atoms with Crippen LogP contribution in [-0.4, -0.2) is 26.6 Å². The molecule has 2 aromatic carbocycles. The first-order chi connectivity index (χ1) is 13.3. The Labute approximate surface area is 167 Å². The molecule has 2 rings (SSSR count). The summed E-state index contributed by atoms with van der Waals surface area (Å²) in [6, 6.07) is 10.9. The van der Waals surface area contributed by atoms with Gasteiger partial charge in [-0.05, 0) is 53.5 Å². The maximum atomic E-state index is 12.5. The van der Waals surface area contributed by atoms with Crippen LogP contribution in [0.2, 0.25) is 0 Å². The molecular weight excluding hydrogens is 352 g/mol. The molecule has 0 heterocycles. The fourth-order valence-electron chi connectivity index (χ4n) is 2.78. The molecule has 0 aliphatic carbocycles. The largest absolute Gasteiger partial charge is 0.493 e. The summed E-state index contributed by atoms with van der Waals surface area (Å²) in [7, 11) is 3.24. The molecule has 0 radical (unpaired) electrons. The van der Waals surface area contributed by atoms with E-state index in [4.69, 9.17) is 14.2 Å². The molecule has 28 heavy (non-hydrogen) atoms. The van der Waals surface area contributed by atoms with Crippen LogP contribution in [0.25, 0.3) is 6.08 Å². The van der Waals surface area contributed by atoms with Gasteiger partial charge in [-0.2, -0.15) is 0 Å². The highest BCUT2D eigenvalue weighted by atomic mass is 16.5. The van der Waals surface area contributed by atoms with Gasteiger partial charge in [-0.15, -0.1) is 0 Å². The lowest BCUT2D eigenvalue weighted by atomic mass is 9.85.